The average molecular weight is 321 g/mol. The number of aromatic amines is 1. The van der Waals surface area contributed by atoms with Crippen LogP contribution in [0.3, 0.4) is 0 Å². The van der Waals surface area contributed by atoms with Gasteiger partial charge >= 0.3 is 0 Å². The third-order valence-corrected chi connectivity index (χ3v) is 4.23. The molecule has 0 saturated heterocycles. The summed E-state index contributed by atoms with van der Waals surface area (Å²) < 4.78 is 0. The minimum atomic E-state index is 0.000499. The monoisotopic (exact) mass is 321 g/mol. The van der Waals surface area contributed by atoms with Gasteiger partial charge in [-0.15, -0.1) is 0 Å². The number of carbonyl (C=O) groups excluding carboxylic acids is 1. The Morgan fingerprint density at radius 3 is 2.38 bits per heavy atom. The van der Waals surface area contributed by atoms with Crippen LogP contribution in [0.4, 0.5) is 5.69 Å². The lowest BCUT2D eigenvalue weighted by atomic mass is 10.1. The lowest BCUT2D eigenvalue weighted by Crippen LogP contribution is -2.26. The van der Waals surface area contributed by atoms with Crippen molar-refractivity contribution in [2.75, 3.05) is 26.0 Å². The second-order valence-electron chi connectivity index (χ2n) is 6.50. The van der Waals surface area contributed by atoms with Crippen LogP contribution in [0, 0.1) is 6.92 Å². The number of nitrogens with zero attached hydrogens (tertiary/aromatic N) is 2. The Balaban J connectivity index is 1.75. The summed E-state index contributed by atoms with van der Waals surface area (Å²) in [5.74, 6) is 0.000499. The van der Waals surface area contributed by atoms with Crippen LogP contribution in [0.5, 0.6) is 0 Å². The first-order chi connectivity index (χ1) is 11.4. The van der Waals surface area contributed by atoms with Gasteiger partial charge in [-0.3, -0.25) is 4.79 Å². The zero-order valence-corrected chi connectivity index (χ0v) is 14.6. The van der Waals surface area contributed by atoms with E-state index in [-0.39, 0.29) is 5.91 Å². The molecule has 1 N–H and O–H groups in total. The highest BCUT2D eigenvalue weighted by atomic mass is 16.2. The van der Waals surface area contributed by atoms with Crippen molar-refractivity contribution >= 4 is 22.5 Å². The van der Waals surface area contributed by atoms with Crippen molar-refractivity contribution in [1.82, 2.24) is 9.88 Å². The number of fused-ring (bicyclic) bond motifs is 1. The maximum Gasteiger partial charge on any atom is 0.270 e. The summed E-state index contributed by atoms with van der Waals surface area (Å²) in [7, 11) is 5.86. The number of benzene rings is 2. The first-order valence-electron chi connectivity index (χ1n) is 8.05. The fraction of sp³-hybridized carbons (Fsp3) is 0.250. The third kappa shape index (κ3) is 3.27. The SMILES string of the molecule is Cc1ccc2[nH]c(C(=O)N(C)Cc3ccc(N(C)C)cc3)cc2c1. The highest BCUT2D eigenvalue weighted by molar-refractivity contribution is 5.98. The summed E-state index contributed by atoms with van der Waals surface area (Å²) in [4.78, 5) is 19.7. The predicted octanol–water partition coefficient (Wildman–Crippen LogP) is 3.81. The van der Waals surface area contributed by atoms with E-state index < -0.39 is 0 Å². The number of aromatic nitrogens is 1. The number of nitrogens with one attached hydrogen (secondary N) is 1. The van der Waals surface area contributed by atoms with E-state index in [1.807, 2.05) is 39.3 Å². The van der Waals surface area contributed by atoms with Gasteiger partial charge in [-0.25, -0.2) is 0 Å². The van der Waals surface area contributed by atoms with Crippen molar-refractivity contribution in [3.05, 3.63) is 65.4 Å². The van der Waals surface area contributed by atoms with Gasteiger partial charge in [0.2, 0.25) is 0 Å². The molecule has 0 aliphatic heterocycles. The molecule has 124 valence electrons. The number of carbonyl (C=O) groups is 1. The van der Waals surface area contributed by atoms with Crippen LogP contribution in [-0.4, -0.2) is 36.9 Å². The van der Waals surface area contributed by atoms with Crippen LogP contribution in [0.1, 0.15) is 21.6 Å². The predicted molar refractivity (Wildman–Crippen MR) is 99.6 cm³/mol. The smallest absolute Gasteiger partial charge is 0.270 e. The Bertz CT molecular complexity index is 862. The molecule has 0 aliphatic rings. The van der Waals surface area contributed by atoms with E-state index in [1.54, 1.807) is 4.90 Å². The van der Waals surface area contributed by atoms with Crippen LogP contribution >= 0.6 is 0 Å². The largest absolute Gasteiger partial charge is 0.378 e. The molecular formula is C20H23N3O. The lowest BCUT2D eigenvalue weighted by molar-refractivity contribution is 0.0780. The van der Waals surface area contributed by atoms with Gasteiger partial charge < -0.3 is 14.8 Å². The van der Waals surface area contributed by atoms with Crippen molar-refractivity contribution in [1.29, 1.82) is 0 Å². The molecule has 0 bridgehead atoms. The van der Waals surface area contributed by atoms with Crippen molar-refractivity contribution < 1.29 is 4.79 Å². The maximum atomic E-state index is 12.7. The summed E-state index contributed by atoms with van der Waals surface area (Å²) in [6.07, 6.45) is 0. The number of aryl methyl sites for hydroxylation is 1. The number of anilines is 1. The lowest BCUT2D eigenvalue weighted by Gasteiger charge is -2.18. The summed E-state index contributed by atoms with van der Waals surface area (Å²) in [5.41, 5.74) is 5.08. The fourth-order valence-corrected chi connectivity index (χ4v) is 2.82. The molecule has 1 aromatic heterocycles. The van der Waals surface area contributed by atoms with Gasteiger partial charge in [0.15, 0.2) is 0 Å². The topological polar surface area (TPSA) is 39.3 Å². The number of amides is 1. The van der Waals surface area contributed by atoms with Crippen molar-refractivity contribution in [3.8, 4) is 0 Å². The third-order valence-electron chi connectivity index (χ3n) is 4.23. The maximum absolute atomic E-state index is 12.7. The molecule has 24 heavy (non-hydrogen) atoms. The molecule has 2 aromatic carbocycles. The summed E-state index contributed by atoms with van der Waals surface area (Å²) in [5, 5.41) is 1.07. The highest BCUT2D eigenvalue weighted by Crippen LogP contribution is 2.19. The number of hydrogen-bond donors (Lipinski definition) is 1. The van der Waals surface area contributed by atoms with Gasteiger partial charge in [0.05, 0.1) is 0 Å². The number of H-pyrrole nitrogens is 1. The molecule has 0 aliphatic carbocycles. The van der Waals surface area contributed by atoms with E-state index in [2.05, 4.69) is 47.1 Å². The van der Waals surface area contributed by atoms with Crippen molar-refractivity contribution in [3.63, 3.8) is 0 Å². The highest BCUT2D eigenvalue weighted by Gasteiger charge is 2.15. The van der Waals surface area contributed by atoms with Crippen LogP contribution in [0.2, 0.25) is 0 Å². The second-order valence-corrected chi connectivity index (χ2v) is 6.50. The van der Waals surface area contributed by atoms with E-state index in [0.29, 0.717) is 12.2 Å². The minimum Gasteiger partial charge on any atom is -0.378 e. The molecule has 0 radical (unpaired) electrons. The van der Waals surface area contributed by atoms with E-state index in [9.17, 15) is 4.79 Å². The van der Waals surface area contributed by atoms with Crippen LogP contribution in [0.25, 0.3) is 10.9 Å². The van der Waals surface area contributed by atoms with E-state index in [0.717, 1.165) is 22.2 Å². The Hall–Kier alpha value is -2.75. The molecule has 4 heteroatoms. The molecule has 0 saturated carbocycles. The average Bonchev–Trinajstić information content (AvgIpc) is 2.97. The molecular weight excluding hydrogens is 298 g/mol. The Labute approximate surface area is 142 Å². The number of hydrogen-bond acceptors (Lipinski definition) is 2. The Morgan fingerprint density at radius 1 is 1.00 bits per heavy atom. The molecule has 1 amide bonds. The Kier molecular flexibility index (Phi) is 4.30. The van der Waals surface area contributed by atoms with Crippen LogP contribution < -0.4 is 4.90 Å². The summed E-state index contributed by atoms with van der Waals surface area (Å²) >= 11 is 0. The van der Waals surface area contributed by atoms with Gasteiger partial charge in [0, 0.05) is 44.3 Å². The molecule has 0 unspecified atom stereocenters. The van der Waals surface area contributed by atoms with Crippen molar-refractivity contribution in [2.24, 2.45) is 0 Å². The van der Waals surface area contributed by atoms with E-state index in [1.165, 1.54) is 5.56 Å². The molecule has 0 atom stereocenters. The van der Waals surface area contributed by atoms with Gasteiger partial charge in [-0.1, -0.05) is 23.8 Å². The van der Waals surface area contributed by atoms with E-state index in [4.69, 9.17) is 0 Å². The first kappa shape index (κ1) is 16.1. The molecule has 3 aromatic rings. The first-order valence-corrected chi connectivity index (χ1v) is 8.05. The normalized spacial score (nSPS) is 10.8. The minimum absolute atomic E-state index is 0.000499. The standard InChI is InChI=1S/C20H23N3O/c1-14-5-10-18-16(11-14)12-19(21-18)20(24)23(4)13-15-6-8-17(9-7-15)22(2)3/h5-12,21H,13H2,1-4H3. The molecule has 4 nitrogen and oxygen atoms in total. The molecule has 3 rings (SSSR count). The van der Waals surface area contributed by atoms with Crippen molar-refractivity contribution in [2.45, 2.75) is 13.5 Å². The molecule has 0 fully saturated rings. The van der Waals surface area contributed by atoms with Gasteiger partial charge in [-0.2, -0.15) is 0 Å². The fourth-order valence-electron chi connectivity index (χ4n) is 2.82. The summed E-state index contributed by atoms with van der Waals surface area (Å²) in [6, 6.07) is 16.3. The van der Waals surface area contributed by atoms with Crippen LogP contribution in [0.15, 0.2) is 48.5 Å². The zero-order chi connectivity index (χ0) is 17.3. The second kappa shape index (κ2) is 6.40. The zero-order valence-electron chi connectivity index (χ0n) is 14.6. The van der Waals surface area contributed by atoms with Crippen LogP contribution in [-0.2, 0) is 6.54 Å². The number of rotatable bonds is 4. The van der Waals surface area contributed by atoms with Gasteiger partial charge in [-0.05, 0) is 42.8 Å². The van der Waals surface area contributed by atoms with Gasteiger partial charge in [0.1, 0.15) is 5.69 Å². The Morgan fingerprint density at radius 2 is 1.71 bits per heavy atom. The summed E-state index contributed by atoms with van der Waals surface area (Å²) in [6.45, 7) is 2.64. The molecule has 1 heterocycles. The quantitative estimate of drug-likeness (QED) is 0.793. The molecule has 0 spiro atoms. The van der Waals surface area contributed by atoms with Gasteiger partial charge in [0.25, 0.3) is 5.91 Å². The van der Waals surface area contributed by atoms with E-state index >= 15 is 0 Å².